The average Bonchev–Trinajstić information content (AvgIpc) is 3.03. The van der Waals surface area contributed by atoms with E-state index in [4.69, 9.17) is 4.74 Å². The summed E-state index contributed by atoms with van der Waals surface area (Å²) in [6, 6.07) is 0. The Labute approximate surface area is 98.8 Å². The zero-order valence-electron chi connectivity index (χ0n) is 9.73. The van der Waals surface area contributed by atoms with E-state index >= 15 is 0 Å². The van der Waals surface area contributed by atoms with Crippen molar-refractivity contribution in [3.63, 3.8) is 0 Å². The fourth-order valence-electron chi connectivity index (χ4n) is 1.64. The summed E-state index contributed by atoms with van der Waals surface area (Å²) in [6.45, 7) is 3.52. The molecule has 90 valence electrons. The zero-order valence-corrected chi connectivity index (χ0v) is 9.73. The van der Waals surface area contributed by atoms with Gasteiger partial charge in [-0.1, -0.05) is 0 Å². The van der Waals surface area contributed by atoms with Crippen LogP contribution in [0.3, 0.4) is 0 Å². The highest BCUT2D eigenvalue weighted by Gasteiger charge is 2.23. The number of aromatic nitrogens is 4. The number of hydrogen-bond donors (Lipinski definition) is 2. The van der Waals surface area contributed by atoms with E-state index < -0.39 is 0 Å². The first kappa shape index (κ1) is 10.3. The van der Waals surface area contributed by atoms with Crippen molar-refractivity contribution in [3.8, 4) is 5.88 Å². The number of rotatable bonds is 5. The van der Waals surface area contributed by atoms with E-state index in [1.807, 2.05) is 6.92 Å². The summed E-state index contributed by atoms with van der Waals surface area (Å²) in [6.07, 6.45) is 4.23. The van der Waals surface area contributed by atoms with Crippen molar-refractivity contribution in [1.29, 1.82) is 0 Å². The zero-order chi connectivity index (χ0) is 11.7. The summed E-state index contributed by atoms with van der Waals surface area (Å²) in [7, 11) is 0. The van der Waals surface area contributed by atoms with Crippen molar-refractivity contribution < 1.29 is 4.74 Å². The topological polar surface area (TPSA) is 75.7 Å². The van der Waals surface area contributed by atoms with Crippen LogP contribution in [0.2, 0.25) is 0 Å². The minimum Gasteiger partial charge on any atom is -0.477 e. The van der Waals surface area contributed by atoms with Crippen LogP contribution in [0.5, 0.6) is 5.88 Å². The molecule has 1 aliphatic carbocycles. The highest BCUT2D eigenvalue weighted by atomic mass is 16.5. The van der Waals surface area contributed by atoms with Gasteiger partial charge in [0.2, 0.25) is 11.8 Å². The molecule has 2 aromatic rings. The summed E-state index contributed by atoms with van der Waals surface area (Å²) in [5.74, 6) is 1.90. The molecule has 2 heterocycles. The third-order valence-electron chi connectivity index (χ3n) is 2.76. The highest BCUT2D eigenvalue weighted by Crippen LogP contribution is 2.30. The van der Waals surface area contributed by atoms with Gasteiger partial charge >= 0.3 is 0 Å². The van der Waals surface area contributed by atoms with Gasteiger partial charge in [0.1, 0.15) is 5.39 Å². The predicted molar refractivity (Wildman–Crippen MR) is 64.1 cm³/mol. The molecule has 0 unspecified atom stereocenters. The molecule has 1 fully saturated rings. The van der Waals surface area contributed by atoms with Gasteiger partial charge in [-0.3, -0.25) is 5.10 Å². The second-order valence-corrected chi connectivity index (χ2v) is 4.27. The van der Waals surface area contributed by atoms with Crippen LogP contribution in [-0.4, -0.2) is 33.3 Å². The molecule has 0 aliphatic heterocycles. The molecular formula is C11H15N5O. The molecule has 0 amide bonds. The van der Waals surface area contributed by atoms with Crippen LogP contribution in [0.1, 0.15) is 19.8 Å². The molecule has 0 atom stereocenters. The van der Waals surface area contributed by atoms with E-state index in [0.717, 1.165) is 18.5 Å². The minimum absolute atomic E-state index is 0.579. The van der Waals surface area contributed by atoms with Crippen LogP contribution in [-0.2, 0) is 0 Å². The SMILES string of the molecule is CCNc1nc(OCC2CC2)c2cn[nH]c2n1. The van der Waals surface area contributed by atoms with Crippen LogP contribution in [0, 0.1) is 5.92 Å². The second kappa shape index (κ2) is 4.20. The molecule has 2 N–H and O–H groups in total. The van der Waals surface area contributed by atoms with Gasteiger partial charge in [0.25, 0.3) is 0 Å². The number of ether oxygens (including phenoxy) is 1. The maximum absolute atomic E-state index is 5.74. The number of anilines is 1. The molecule has 6 heteroatoms. The van der Waals surface area contributed by atoms with Crippen molar-refractivity contribution in [2.24, 2.45) is 5.92 Å². The lowest BCUT2D eigenvalue weighted by atomic mass is 10.4. The molecule has 6 nitrogen and oxygen atoms in total. The molecule has 1 saturated carbocycles. The van der Waals surface area contributed by atoms with Crippen molar-refractivity contribution in [1.82, 2.24) is 20.2 Å². The molecule has 0 bridgehead atoms. The molecule has 2 aromatic heterocycles. The van der Waals surface area contributed by atoms with E-state index in [-0.39, 0.29) is 0 Å². The number of hydrogen-bond acceptors (Lipinski definition) is 5. The molecule has 3 rings (SSSR count). The van der Waals surface area contributed by atoms with Gasteiger partial charge in [-0.25, -0.2) is 0 Å². The Morgan fingerprint density at radius 2 is 2.35 bits per heavy atom. The Hall–Kier alpha value is -1.85. The van der Waals surface area contributed by atoms with Gasteiger partial charge in [-0.05, 0) is 25.7 Å². The van der Waals surface area contributed by atoms with Gasteiger partial charge in [0.15, 0.2) is 5.65 Å². The Morgan fingerprint density at radius 3 is 3.12 bits per heavy atom. The summed E-state index contributed by atoms with van der Waals surface area (Å²) >= 11 is 0. The molecule has 0 saturated heterocycles. The van der Waals surface area contributed by atoms with Crippen LogP contribution in [0.25, 0.3) is 11.0 Å². The molecule has 1 aliphatic rings. The maximum atomic E-state index is 5.74. The number of aromatic amines is 1. The summed E-state index contributed by atoms with van der Waals surface area (Å²) < 4.78 is 5.74. The first-order chi connectivity index (χ1) is 8.36. The molecule has 17 heavy (non-hydrogen) atoms. The largest absolute Gasteiger partial charge is 0.477 e. The third-order valence-corrected chi connectivity index (χ3v) is 2.76. The summed E-state index contributed by atoms with van der Waals surface area (Å²) in [5.41, 5.74) is 0.710. The molecule has 0 aromatic carbocycles. The van der Waals surface area contributed by atoms with Gasteiger partial charge in [0, 0.05) is 6.54 Å². The van der Waals surface area contributed by atoms with Crippen LogP contribution in [0.15, 0.2) is 6.20 Å². The predicted octanol–water partition coefficient (Wildman–Crippen LogP) is 1.57. The maximum Gasteiger partial charge on any atom is 0.229 e. The summed E-state index contributed by atoms with van der Waals surface area (Å²) in [4.78, 5) is 8.67. The quantitative estimate of drug-likeness (QED) is 0.819. The lowest BCUT2D eigenvalue weighted by molar-refractivity contribution is 0.292. The first-order valence-corrected chi connectivity index (χ1v) is 5.94. The van der Waals surface area contributed by atoms with E-state index in [1.54, 1.807) is 6.20 Å². The lowest BCUT2D eigenvalue weighted by Crippen LogP contribution is -2.06. The first-order valence-electron chi connectivity index (χ1n) is 5.94. The minimum atomic E-state index is 0.579. The average molecular weight is 233 g/mol. The van der Waals surface area contributed by atoms with E-state index in [1.165, 1.54) is 12.8 Å². The number of nitrogens with zero attached hydrogens (tertiary/aromatic N) is 3. The fraction of sp³-hybridized carbons (Fsp3) is 0.545. The Balaban J connectivity index is 1.90. The monoisotopic (exact) mass is 233 g/mol. The van der Waals surface area contributed by atoms with E-state index in [9.17, 15) is 0 Å². The van der Waals surface area contributed by atoms with Gasteiger partial charge in [-0.2, -0.15) is 15.1 Å². The van der Waals surface area contributed by atoms with Crippen molar-refractivity contribution >= 4 is 17.0 Å². The Kier molecular flexibility index (Phi) is 2.55. The smallest absolute Gasteiger partial charge is 0.229 e. The van der Waals surface area contributed by atoms with E-state index in [2.05, 4.69) is 25.5 Å². The van der Waals surface area contributed by atoms with Crippen LogP contribution in [0.4, 0.5) is 5.95 Å². The van der Waals surface area contributed by atoms with Gasteiger partial charge in [0.05, 0.1) is 12.8 Å². The van der Waals surface area contributed by atoms with Crippen LogP contribution >= 0.6 is 0 Å². The van der Waals surface area contributed by atoms with Crippen molar-refractivity contribution in [2.45, 2.75) is 19.8 Å². The molecule has 0 radical (unpaired) electrons. The second-order valence-electron chi connectivity index (χ2n) is 4.27. The standard InChI is InChI=1S/C11H15N5O/c1-2-12-11-14-9-8(5-13-16-9)10(15-11)17-6-7-3-4-7/h5,7H,2-4,6H2,1H3,(H2,12,13,14,15,16). The normalized spacial score (nSPS) is 15.1. The summed E-state index contributed by atoms with van der Waals surface area (Å²) in [5, 5.41) is 10.7. The number of nitrogens with one attached hydrogen (secondary N) is 2. The molecular weight excluding hydrogens is 218 g/mol. The number of H-pyrrole nitrogens is 1. The number of fused-ring (bicyclic) bond motifs is 1. The Morgan fingerprint density at radius 1 is 1.47 bits per heavy atom. The van der Waals surface area contributed by atoms with Crippen molar-refractivity contribution in [2.75, 3.05) is 18.5 Å². The van der Waals surface area contributed by atoms with Gasteiger partial charge < -0.3 is 10.1 Å². The fourth-order valence-corrected chi connectivity index (χ4v) is 1.64. The van der Waals surface area contributed by atoms with Crippen LogP contribution < -0.4 is 10.1 Å². The highest BCUT2D eigenvalue weighted by molar-refractivity contribution is 5.80. The van der Waals surface area contributed by atoms with E-state index in [0.29, 0.717) is 23.4 Å². The third kappa shape index (κ3) is 2.15. The lowest BCUT2D eigenvalue weighted by Gasteiger charge is -2.07. The van der Waals surface area contributed by atoms with Gasteiger partial charge in [-0.15, -0.1) is 0 Å². The van der Waals surface area contributed by atoms with Crippen molar-refractivity contribution in [3.05, 3.63) is 6.20 Å². The molecule has 0 spiro atoms. The Bertz CT molecular complexity index is 520.